The molecule has 0 radical (unpaired) electrons. The Balaban J connectivity index is 2.10. The Morgan fingerprint density at radius 2 is 2.05 bits per heavy atom. The summed E-state index contributed by atoms with van der Waals surface area (Å²) in [5, 5.41) is 1.41. The van der Waals surface area contributed by atoms with Crippen molar-refractivity contribution in [3.05, 3.63) is 53.9 Å². The number of rotatable bonds is 3. The van der Waals surface area contributed by atoms with Gasteiger partial charge in [0.25, 0.3) is 0 Å². The molecule has 0 bridgehead atoms. The zero-order valence-electron chi connectivity index (χ0n) is 10.7. The summed E-state index contributed by atoms with van der Waals surface area (Å²) in [6.45, 7) is 0. The first kappa shape index (κ1) is 13.1. The van der Waals surface area contributed by atoms with Crippen LogP contribution in [-0.4, -0.2) is 25.8 Å². The number of hydrogen-bond donors (Lipinski definition) is 0. The van der Waals surface area contributed by atoms with Crippen LogP contribution in [0.3, 0.4) is 0 Å². The van der Waals surface area contributed by atoms with Gasteiger partial charge in [0.2, 0.25) is 0 Å². The quantitative estimate of drug-likeness (QED) is 0.546. The average Bonchev–Trinajstić information content (AvgIpc) is 2.97. The van der Waals surface area contributed by atoms with Crippen molar-refractivity contribution >= 4 is 23.4 Å². The summed E-state index contributed by atoms with van der Waals surface area (Å²) in [5.41, 5.74) is 0.951. The summed E-state index contributed by atoms with van der Waals surface area (Å²) in [6, 6.07) is 9.47. The highest BCUT2D eigenvalue weighted by molar-refractivity contribution is 7.98. The third-order valence-corrected chi connectivity index (χ3v) is 3.57. The van der Waals surface area contributed by atoms with Crippen molar-refractivity contribution in [2.24, 2.45) is 0 Å². The lowest BCUT2D eigenvalue weighted by molar-refractivity contribution is 0.894. The summed E-state index contributed by atoms with van der Waals surface area (Å²) >= 11 is 7.55. The highest BCUT2D eigenvalue weighted by atomic mass is 35.5. The van der Waals surface area contributed by atoms with Crippen LogP contribution < -0.4 is 0 Å². The fraction of sp³-hybridized carbons (Fsp3) is 0.0714. The molecule has 3 rings (SSSR count). The van der Waals surface area contributed by atoms with E-state index in [1.165, 1.54) is 11.8 Å². The van der Waals surface area contributed by atoms with Crippen molar-refractivity contribution in [1.82, 2.24) is 19.5 Å². The van der Waals surface area contributed by atoms with Gasteiger partial charge in [0.05, 0.1) is 0 Å². The first-order chi connectivity index (χ1) is 9.78. The van der Waals surface area contributed by atoms with Gasteiger partial charge < -0.3 is 0 Å². The molecule has 0 saturated heterocycles. The van der Waals surface area contributed by atoms with Gasteiger partial charge in [0.15, 0.2) is 5.16 Å². The predicted molar refractivity (Wildman–Crippen MR) is 81.4 cm³/mol. The molecule has 0 aliphatic heterocycles. The Morgan fingerprint density at radius 3 is 2.85 bits per heavy atom. The summed E-state index contributed by atoms with van der Waals surface area (Å²) in [7, 11) is 0. The summed E-state index contributed by atoms with van der Waals surface area (Å²) in [6.07, 6.45) is 7.32. The minimum atomic E-state index is 0.685. The van der Waals surface area contributed by atoms with Gasteiger partial charge in [-0.1, -0.05) is 35.5 Å². The molecule has 6 heteroatoms. The van der Waals surface area contributed by atoms with Crippen molar-refractivity contribution in [2.75, 3.05) is 6.26 Å². The molecule has 0 amide bonds. The van der Waals surface area contributed by atoms with Crippen molar-refractivity contribution < 1.29 is 0 Å². The van der Waals surface area contributed by atoms with Crippen LogP contribution in [0.5, 0.6) is 0 Å². The fourth-order valence-electron chi connectivity index (χ4n) is 1.89. The molecule has 20 heavy (non-hydrogen) atoms. The second-order valence-corrected chi connectivity index (χ2v) is 5.24. The molecular weight excluding hydrogens is 292 g/mol. The van der Waals surface area contributed by atoms with Gasteiger partial charge in [-0.25, -0.2) is 15.0 Å². The molecule has 0 unspecified atom stereocenters. The molecular formula is C14H11ClN4S. The number of halogens is 1. The SMILES string of the molecule is CSc1nccc(-n2ccnc2-c2cccc(Cl)c2)n1. The Labute approximate surface area is 125 Å². The van der Waals surface area contributed by atoms with Crippen LogP contribution in [0.4, 0.5) is 0 Å². The zero-order valence-corrected chi connectivity index (χ0v) is 12.3. The average molecular weight is 303 g/mol. The van der Waals surface area contributed by atoms with Crippen molar-refractivity contribution in [2.45, 2.75) is 5.16 Å². The molecule has 1 aromatic carbocycles. The van der Waals surface area contributed by atoms with E-state index in [4.69, 9.17) is 11.6 Å². The van der Waals surface area contributed by atoms with Crippen LogP contribution >= 0.6 is 23.4 Å². The molecule has 3 aromatic rings. The normalized spacial score (nSPS) is 10.7. The number of hydrogen-bond acceptors (Lipinski definition) is 4. The molecule has 0 saturated carbocycles. The summed E-state index contributed by atoms with van der Waals surface area (Å²) < 4.78 is 1.92. The minimum absolute atomic E-state index is 0.685. The van der Waals surface area contributed by atoms with E-state index >= 15 is 0 Å². The molecule has 0 aliphatic rings. The van der Waals surface area contributed by atoms with E-state index in [2.05, 4.69) is 15.0 Å². The monoisotopic (exact) mass is 302 g/mol. The Morgan fingerprint density at radius 1 is 1.15 bits per heavy atom. The molecule has 4 nitrogen and oxygen atoms in total. The Kier molecular flexibility index (Phi) is 3.71. The molecule has 100 valence electrons. The summed E-state index contributed by atoms with van der Waals surface area (Å²) in [5.74, 6) is 1.59. The van der Waals surface area contributed by atoms with Gasteiger partial charge in [0, 0.05) is 29.2 Å². The van der Waals surface area contributed by atoms with Crippen molar-refractivity contribution in [3.63, 3.8) is 0 Å². The first-order valence-electron chi connectivity index (χ1n) is 5.94. The smallest absolute Gasteiger partial charge is 0.189 e. The third-order valence-electron chi connectivity index (χ3n) is 2.77. The van der Waals surface area contributed by atoms with E-state index in [-0.39, 0.29) is 0 Å². The molecule has 0 atom stereocenters. The first-order valence-corrected chi connectivity index (χ1v) is 7.55. The number of benzene rings is 1. The number of nitrogens with zero attached hydrogens (tertiary/aromatic N) is 4. The van der Waals surface area contributed by atoms with Gasteiger partial charge in [0.1, 0.15) is 11.6 Å². The Bertz CT molecular complexity index is 741. The fourth-order valence-corrected chi connectivity index (χ4v) is 2.44. The van der Waals surface area contributed by atoms with Gasteiger partial charge in [-0.05, 0) is 24.5 Å². The van der Waals surface area contributed by atoms with E-state index in [0.717, 1.165) is 22.4 Å². The van der Waals surface area contributed by atoms with Crippen LogP contribution in [-0.2, 0) is 0 Å². The second-order valence-electron chi connectivity index (χ2n) is 4.03. The van der Waals surface area contributed by atoms with E-state index in [0.29, 0.717) is 5.02 Å². The maximum atomic E-state index is 6.04. The van der Waals surface area contributed by atoms with Crippen LogP contribution in [0, 0.1) is 0 Å². The third kappa shape index (κ3) is 2.55. The highest BCUT2D eigenvalue weighted by Crippen LogP contribution is 2.23. The standard InChI is InChI=1S/C14H11ClN4S/c1-20-14-17-6-5-12(18-14)19-8-7-16-13(19)10-3-2-4-11(15)9-10/h2-9H,1H3. The molecule has 0 N–H and O–H groups in total. The number of thioether (sulfide) groups is 1. The topological polar surface area (TPSA) is 43.6 Å². The largest absolute Gasteiger partial charge is 0.284 e. The number of imidazole rings is 1. The van der Waals surface area contributed by atoms with E-state index < -0.39 is 0 Å². The molecule has 0 spiro atoms. The zero-order chi connectivity index (χ0) is 13.9. The van der Waals surface area contributed by atoms with E-state index in [9.17, 15) is 0 Å². The van der Waals surface area contributed by atoms with E-state index in [1.54, 1.807) is 12.4 Å². The van der Waals surface area contributed by atoms with Crippen LogP contribution in [0.1, 0.15) is 0 Å². The van der Waals surface area contributed by atoms with E-state index in [1.807, 2.05) is 47.4 Å². The van der Waals surface area contributed by atoms with Crippen molar-refractivity contribution in [1.29, 1.82) is 0 Å². The molecule has 2 heterocycles. The van der Waals surface area contributed by atoms with Gasteiger partial charge >= 0.3 is 0 Å². The Hall–Kier alpha value is -1.85. The predicted octanol–water partition coefficient (Wildman–Crippen LogP) is 3.70. The molecule has 0 aliphatic carbocycles. The second kappa shape index (κ2) is 5.64. The molecule has 0 fully saturated rings. The molecule has 2 aromatic heterocycles. The lowest BCUT2D eigenvalue weighted by Gasteiger charge is -2.08. The number of aromatic nitrogens is 4. The maximum absolute atomic E-state index is 6.04. The summed E-state index contributed by atoms with van der Waals surface area (Å²) in [4.78, 5) is 13.1. The van der Waals surface area contributed by atoms with Crippen LogP contribution in [0.25, 0.3) is 17.2 Å². The van der Waals surface area contributed by atoms with Gasteiger partial charge in [-0.2, -0.15) is 0 Å². The highest BCUT2D eigenvalue weighted by Gasteiger charge is 2.09. The van der Waals surface area contributed by atoms with Crippen LogP contribution in [0.2, 0.25) is 5.02 Å². The lowest BCUT2D eigenvalue weighted by Crippen LogP contribution is -2.00. The van der Waals surface area contributed by atoms with Gasteiger partial charge in [-0.15, -0.1) is 0 Å². The van der Waals surface area contributed by atoms with Crippen molar-refractivity contribution in [3.8, 4) is 17.2 Å². The lowest BCUT2D eigenvalue weighted by atomic mass is 10.2. The van der Waals surface area contributed by atoms with Gasteiger partial charge in [-0.3, -0.25) is 4.57 Å². The maximum Gasteiger partial charge on any atom is 0.189 e. The minimum Gasteiger partial charge on any atom is -0.284 e. The van der Waals surface area contributed by atoms with Crippen LogP contribution in [0.15, 0.2) is 54.1 Å².